The van der Waals surface area contributed by atoms with Gasteiger partial charge in [0.25, 0.3) is 0 Å². The van der Waals surface area contributed by atoms with Gasteiger partial charge in [-0.2, -0.15) is 0 Å². The van der Waals surface area contributed by atoms with Crippen LogP contribution >= 0.6 is 0 Å². The summed E-state index contributed by atoms with van der Waals surface area (Å²) in [5, 5.41) is 11.1. The number of methoxy groups -OCH3 is 1. The number of unbranched alkanes of at least 4 members (excludes halogenated alkanes) is 3. The lowest BCUT2D eigenvalue weighted by atomic mass is 9.87. The summed E-state index contributed by atoms with van der Waals surface area (Å²) in [6.07, 6.45) is 16.1. The second-order valence-electron chi connectivity index (χ2n) is 11.4. The predicted octanol–water partition coefficient (Wildman–Crippen LogP) is 5.64. The van der Waals surface area contributed by atoms with Gasteiger partial charge in [-0.25, -0.2) is 0 Å². The van der Waals surface area contributed by atoms with Crippen LogP contribution in [0.1, 0.15) is 110 Å². The van der Waals surface area contributed by atoms with Crippen LogP contribution < -0.4 is 0 Å². The summed E-state index contributed by atoms with van der Waals surface area (Å²) >= 11 is 0. The largest absolute Gasteiger partial charge is 0.469 e. The van der Waals surface area contributed by atoms with Gasteiger partial charge in [-0.15, -0.1) is 0 Å². The Morgan fingerprint density at radius 3 is 2.36 bits per heavy atom. The van der Waals surface area contributed by atoms with Gasteiger partial charge in [0.1, 0.15) is 5.78 Å². The van der Waals surface area contributed by atoms with Crippen LogP contribution in [0.4, 0.5) is 0 Å². The Kier molecular flexibility index (Phi) is 15.0. The fourth-order valence-electron chi connectivity index (χ4n) is 5.93. The molecule has 3 rings (SSSR count). The minimum atomic E-state index is -0.617. The Morgan fingerprint density at radius 1 is 0.974 bits per heavy atom. The molecule has 3 fully saturated rings. The Labute approximate surface area is 235 Å². The number of ketones is 1. The van der Waals surface area contributed by atoms with Gasteiger partial charge < -0.3 is 28.8 Å². The van der Waals surface area contributed by atoms with E-state index < -0.39 is 6.10 Å². The third kappa shape index (κ3) is 11.6. The highest BCUT2D eigenvalue weighted by atomic mass is 16.7. The molecule has 39 heavy (non-hydrogen) atoms. The Bertz CT molecular complexity index is 728. The molecular weight excluding hydrogens is 500 g/mol. The minimum Gasteiger partial charge on any atom is -0.469 e. The van der Waals surface area contributed by atoms with Crippen LogP contribution in [-0.4, -0.2) is 68.1 Å². The van der Waals surface area contributed by atoms with Crippen molar-refractivity contribution in [2.45, 2.75) is 141 Å². The first-order valence-corrected chi connectivity index (χ1v) is 15.5. The van der Waals surface area contributed by atoms with E-state index in [9.17, 15) is 14.7 Å². The molecule has 3 aliphatic rings. The number of ether oxygens (including phenoxy) is 5. The number of Topliss-reactive ketones (excluding diaryl/α,β-unsaturated/α-hetero) is 1. The summed E-state index contributed by atoms with van der Waals surface area (Å²) in [7, 11) is 1.38. The highest BCUT2D eigenvalue weighted by Crippen LogP contribution is 2.40. The molecule has 8 nitrogen and oxygen atoms in total. The van der Waals surface area contributed by atoms with Crippen molar-refractivity contribution in [3.63, 3.8) is 0 Å². The molecule has 0 spiro atoms. The molecule has 1 saturated carbocycles. The van der Waals surface area contributed by atoms with Crippen LogP contribution in [0.3, 0.4) is 0 Å². The summed E-state index contributed by atoms with van der Waals surface area (Å²) in [4.78, 5) is 24.3. The molecule has 1 N–H and O–H groups in total. The zero-order chi connectivity index (χ0) is 27.9. The third-order valence-corrected chi connectivity index (χ3v) is 8.24. The van der Waals surface area contributed by atoms with Crippen LogP contribution in [0.15, 0.2) is 12.2 Å². The Hall–Kier alpha value is -1.32. The molecule has 0 radical (unpaired) electrons. The first-order valence-electron chi connectivity index (χ1n) is 15.5. The lowest BCUT2D eigenvalue weighted by molar-refractivity contribution is -0.193. The first kappa shape index (κ1) is 32.2. The molecule has 0 amide bonds. The summed E-state index contributed by atoms with van der Waals surface area (Å²) in [5.41, 5.74) is 0. The van der Waals surface area contributed by atoms with E-state index in [1.165, 1.54) is 7.11 Å². The molecule has 0 aromatic rings. The average Bonchev–Trinajstić information content (AvgIpc) is 3.23. The van der Waals surface area contributed by atoms with E-state index in [4.69, 9.17) is 18.9 Å². The second-order valence-corrected chi connectivity index (χ2v) is 11.4. The molecule has 2 heterocycles. The van der Waals surface area contributed by atoms with E-state index in [1.54, 1.807) is 0 Å². The summed E-state index contributed by atoms with van der Waals surface area (Å²) in [6, 6.07) is 0. The van der Waals surface area contributed by atoms with Crippen LogP contribution in [0, 0.1) is 11.8 Å². The van der Waals surface area contributed by atoms with Crippen molar-refractivity contribution >= 4 is 11.8 Å². The normalized spacial score (nSPS) is 30.4. The van der Waals surface area contributed by atoms with E-state index in [0.717, 1.165) is 70.8 Å². The number of hydrogen-bond donors (Lipinski definition) is 1. The van der Waals surface area contributed by atoms with E-state index in [1.807, 2.05) is 0 Å². The molecule has 1 aliphatic carbocycles. The molecule has 7 atom stereocenters. The average molecular weight is 553 g/mol. The summed E-state index contributed by atoms with van der Waals surface area (Å²) in [6.45, 7) is 3.64. The van der Waals surface area contributed by atoms with Gasteiger partial charge in [0.05, 0.1) is 25.4 Å². The van der Waals surface area contributed by atoms with Crippen molar-refractivity contribution in [3.05, 3.63) is 12.2 Å². The molecule has 2 aliphatic heterocycles. The number of rotatable bonds is 17. The van der Waals surface area contributed by atoms with Gasteiger partial charge >= 0.3 is 5.97 Å². The van der Waals surface area contributed by atoms with Crippen molar-refractivity contribution in [2.24, 2.45) is 11.8 Å². The smallest absolute Gasteiger partial charge is 0.305 e. The molecule has 0 aromatic carbocycles. The van der Waals surface area contributed by atoms with Crippen molar-refractivity contribution in [3.8, 4) is 0 Å². The monoisotopic (exact) mass is 552 g/mol. The fourth-order valence-corrected chi connectivity index (χ4v) is 5.93. The summed E-state index contributed by atoms with van der Waals surface area (Å²) < 4.78 is 29.2. The highest BCUT2D eigenvalue weighted by Gasteiger charge is 2.44. The van der Waals surface area contributed by atoms with Gasteiger partial charge in [-0.05, 0) is 57.8 Å². The Balaban J connectivity index is 1.66. The Morgan fingerprint density at radius 2 is 1.69 bits per heavy atom. The molecule has 0 bridgehead atoms. The lowest BCUT2D eigenvalue weighted by Gasteiger charge is -2.30. The maximum Gasteiger partial charge on any atom is 0.305 e. The fraction of sp³-hybridized carbons (Fsp3) is 0.871. The first-order chi connectivity index (χ1) is 19.0. The number of aliphatic hydroxyl groups excluding tert-OH is 1. The quantitative estimate of drug-likeness (QED) is 0.141. The maximum atomic E-state index is 12.9. The van der Waals surface area contributed by atoms with E-state index in [0.29, 0.717) is 45.1 Å². The van der Waals surface area contributed by atoms with Crippen LogP contribution in [-0.2, 0) is 33.3 Å². The van der Waals surface area contributed by atoms with Crippen LogP contribution in [0.25, 0.3) is 0 Å². The van der Waals surface area contributed by atoms with E-state index in [2.05, 4.69) is 23.8 Å². The molecular formula is C31H52O8. The second kappa shape index (κ2) is 18.2. The number of hydrogen-bond acceptors (Lipinski definition) is 8. The molecule has 2 saturated heterocycles. The van der Waals surface area contributed by atoms with Gasteiger partial charge in [-0.3, -0.25) is 9.59 Å². The molecule has 8 heteroatoms. The maximum absolute atomic E-state index is 12.9. The molecule has 0 aromatic heterocycles. The van der Waals surface area contributed by atoms with Gasteiger partial charge in [0.2, 0.25) is 0 Å². The lowest BCUT2D eigenvalue weighted by Crippen LogP contribution is -2.31. The highest BCUT2D eigenvalue weighted by molar-refractivity contribution is 5.78. The summed E-state index contributed by atoms with van der Waals surface area (Å²) in [5.74, 6) is -0.458. The number of aliphatic hydroxyl groups is 1. The number of esters is 1. The zero-order valence-electron chi connectivity index (χ0n) is 24.2. The van der Waals surface area contributed by atoms with E-state index in [-0.39, 0.29) is 48.4 Å². The standard InChI is InChI=1S/C31H52O8/c1-3-4-5-13-24(38-30-15-8-10-19-36-30)17-18-25-26(21-23(32)12-6-7-14-29(34)35-2)27(33)22-28(25)39-31-16-9-11-20-37-31/h17-18,24-28,30-31,33H,3-16,19-22H2,1-2H3/t24-,25+,26+,27-,28+,30?,31?/m0/s1. The van der Waals surface area contributed by atoms with Crippen molar-refractivity contribution in [2.75, 3.05) is 20.3 Å². The van der Waals surface area contributed by atoms with E-state index >= 15 is 0 Å². The number of carbonyl (C=O) groups excluding carboxylic acids is 2. The van der Waals surface area contributed by atoms with Crippen molar-refractivity contribution in [1.29, 1.82) is 0 Å². The third-order valence-electron chi connectivity index (χ3n) is 8.24. The van der Waals surface area contributed by atoms with Crippen molar-refractivity contribution < 1.29 is 38.4 Å². The van der Waals surface area contributed by atoms with Gasteiger partial charge in [-0.1, -0.05) is 38.3 Å². The van der Waals surface area contributed by atoms with Gasteiger partial charge in [0, 0.05) is 50.7 Å². The van der Waals surface area contributed by atoms with Crippen LogP contribution in [0.5, 0.6) is 0 Å². The zero-order valence-corrected chi connectivity index (χ0v) is 24.2. The predicted molar refractivity (Wildman–Crippen MR) is 148 cm³/mol. The molecule has 2 unspecified atom stereocenters. The number of carbonyl (C=O) groups is 2. The molecule has 224 valence electrons. The minimum absolute atomic E-state index is 0.0707. The SMILES string of the molecule is CCCCC[C@@H](C=C[C@@H]1[C@@H](CC(=O)CCCCC(=O)OC)[C@@H](O)C[C@H]1OC1CCCCO1)OC1CCCCO1. The van der Waals surface area contributed by atoms with Gasteiger partial charge in [0.15, 0.2) is 12.6 Å². The van der Waals surface area contributed by atoms with Crippen molar-refractivity contribution in [1.82, 2.24) is 0 Å². The topological polar surface area (TPSA) is 101 Å². The van der Waals surface area contributed by atoms with Crippen LogP contribution in [0.2, 0.25) is 0 Å².